The lowest BCUT2D eigenvalue weighted by Gasteiger charge is -2.18. The summed E-state index contributed by atoms with van der Waals surface area (Å²) in [5, 5.41) is 20.6. The van der Waals surface area contributed by atoms with Crippen molar-refractivity contribution in [2.24, 2.45) is 0 Å². The third kappa shape index (κ3) is 2.16. The van der Waals surface area contributed by atoms with Gasteiger partial charge in [-0.3, -0.25) is 10.1 Å². The molecule has 1 unspecified atom stereocenters. The van der Waals surface area contributed by atoms with Crippen LogP contribution >= 0.6 is 0 Å². The summed E-state index contributed by atoms with van der Waals surface area (Å²) in [7, 11) is 1.41. The van der Waals surface area contributed by atoms with E-state index in [1.54, 1.807) is 18.2 Å². The molecule has 1 fully saturated rings. The summed E-state index contributed by atoms with van der Waals surface area (Å²) in [5.74, 6) is 0.244. The Bertz CT molecular complexity index is 435. The zero-order valence-corrected chi connectivity index (χ0v) is 9.50. The number of methoxy groups -OCH3 is 1. The topological polar surface area (TPSA) is 75.8 Å². The first kappa shape index (κ1) is 11.7. The molecule has 0 radical (unpaired) electrons. The van der Waals surface area contributed by atoms with Crippen LogP contribution in [0.3, 0.4) is 0 Å². The van der Waals surface area contributed by atoms with Gasteiger partial charge in [0.15, 0.2) is 5.75 Å². The fourth-order valence-electron chi connectivity index (χ4n) is 2.07. The van der Waals surface area contributed by atoms with Crippen molar-refractivity contribution in [1.82, 2.24) is 0 Å². The molecule has 6 heteroatoms. The monoisotopic (exact) mass is 238 g/mol. The molecule has 92 valence electrons. The molecular weight excluding hydrogens is 224 g/mol. The van der Waals surface area contributed by atoms with E-state index < -0.39 is 11.0 Å². The summed E-state index contributed by atoms with van der Waals surface area (Å²) in [6, 6.07) is 4.96. The number of β-amino-alcohol motifs (C(OH)–C–C–N with tert-alkyl or cyclic N) is 1. The van der Waals surface area contributed by atoms with Crippen LogP contribution in [0.2, 0.25) is 0 Å². The maximum atomic E-state index is 11.1. The van der Waals surface area contributed by atoms with Gasteiger partial charge in [-0.15, -0.1) is 0 Å². The quantitative estimate of drug-likeness (QED) is 0.632. The molecule has 1 N–H and O–H groups in total. The Kier molecular flexibility index (Phi) is 3.14. The highest BCUT2D eigenvalue weighted by atomic mass is 16.6. The number of rotatable bonds is 3. The highest BCUT2D eigenvalue weighted by molar-refractivity contribution is 5.70. The van der Waals surface area contributed by atoms with Crippen LogP contribution in [0.25, 0.3) is 0 Å². The highest BCUT2D eigenvalue weighted by Crippen LogP contribution is 2.38. The molecule has 17 heavy (non-hydrogen) atoms. The van der Waals surface area contributed by atoms with E-state index in [1.807, 2.05) is 4.90 Å². The lowest BCUT2D eigenvalue weighted by atomic mass is 10.2. The molecule has 0 spiro atoms. The number of nitrogens with zero attached hydrogens (tertiary/aromatic N) is 2. The molecule has 1 aromatic carbocycles. The summed E-state index contributed by atoms with van der Waals surface area (Å²) in [6.45, 7) is 1.04. The van der Waals surface area contributed by atoms with Gasteiger partial charge in [0.05, 0.1) is 18.1 Å². The third-order valence-electron chi connectivity index (χ3n) is 2.88. The van der Waals surface area contributed by atoms with Crippen molar-refractivity contribution in [3.8, 4) is 5.75 Å². The number of ether oxygens (including phenoxy) is 1. The Hall–Kier alpha value is -1.82. The van der Waals surface area contributed by atoms with Crippen LogP contribution in [0.4, 0.5) is 11.4 Å². The SMILES string of the molecule is COc1cccc(N2CCC(O)C2)c1[N+](=O)[O-]. The normalized spacial score (nSPS) is 19.4. The molecule has 0 aliphatic carbocycles. The maximum absolute atomic E-state index is 11.1. The van der Waals surface area contributed by atoms with E-state index in [9.17, 15) is 15.2 Å². The Balaban J connectivity index is 2.42. The number of hydrogen-bond donors (Lipinski definition) is 1. The summed E-state index contributed by atoms with van der Waals surface area (Å²) < 4.78 is 5.00. The highest BCUT2D eigenvalue weighted by Gasteiger charge is 2.29. The molecule has 0 aromatic heterocycles. The first-order chi connectivity index (χ1) is 8.13. The molecule has 1 aromatic rings. The van der Waals surface area contributed by atoms with Crippen molar-refractivity contribution < 1.29 is 14.8 Å². The van der Waals surface area contributed by atoms with Crippen LogP contribution in [-0.2, 0) is 0 Å². The van der Waals surface area contributed by atoms with E-state index in [2.05, 4.69) is 0 Å². The van der Waals surface area contributed by atoms with E-state index in [4.69, 9.17) is 4.74 Å². The Morgan fingerprint density at radius 2 is 2.35 bits per heavy atom. The molecule has 1 aliphatic rings. The van der Waals surface area contributed by atoms with Gasteiger partial charge in [-0.25, -0.2) is 0 Å². The van der Waals surface area contributed by atoms with Crippen molar-refractivity contribution in [2.45, 2.75) is 12.5 Å². The number of para-hydroxylation sites is 1. The van der Waals surface area contributed by atoms with Crippen LogP contribution in [0, 0.1) is 10.1 Å². The van der Waals surface area contributed by atoms with Gasteiger partial charge < -0.3 is 14.7 Å². The lowest BCUT2D eigenvalue weighted by Crippen LogP contribution is -2.22. The van der Waals surface area contributed by atoms with E-state index in [-0.39, 0.29) is 11.4 Å². The molecule has 6 nitrogen and oxygen atoms in total. The second-order valence-corrected chi connectivity index (χ2v) is 3.97. The molecule has 1 atom stereocenters. The number of hydrogen-bond acceptors (Lipinski definition) is 5. The van der Waals surface area contributed by atoms with E-state index in [1.165, 1.54) is 7.11 Å². The average molecular weight is 238 g/mol. The van der Waals surface area contributed by atoms with E-state index in [0.717, 1.165) is 0 Å². The number of aliphatic hydroxyl groups excluding tert-OH is 1. The smallest absolute Gasteiger partial charge is 0.333 e. The van der Waals surface area contributed by atoms with Crippen LogP contribution in [0.15, 0.2) is 18.2 Å². The van der Waals surface area contributed by atoms with Crippen molar-refractivity contribution in [2.75, 3.05) is 25.1 Å². The second-order valence-electron chi connectivity index (χ2n) is 3.97. The molecule has 0 amide bonds. The Labute approximate surface area is 98.6 Å². The predicted octanol–water partition coefficient (Wildman–Crippen LogP) is 1.17. The summed E-state index contributed by atoms with van der Waals surface area (Å²) in [4.78, 5) is 12.4. The first-order valence-electron chi connectivity index (χ1n) is 5.38. The Morgan fingerprint density at radius 3 is 2.88 bits per heavy atom. The van der Waals surface area contributed by atoms with Crippen LogP contribution < -0.4 is 9.64 Å². The third-order valence-corrected chi connectivity index (χ3v) is 2.88. The minimum atomic E-state index is -0.446. The number of aliphatic hydroxyl groups is 1. The van der Waals surface area contributed by atoms with E-state index >= 15 is 0 Å². The van der Waals surface area contributed by atoms with Gasteiger partial charge in [0.25, 0.3) is 0 Å². The van der Waals surface area contributed by atoms with Gasteiger partial charge in [-0.1, -0.05) is 6.07 Å². The minimum absolute atomic E-state index is 0.0379. The number of nitro groups is 1. The molecule has 0 saturated carbocycles. The molecule has 2 rings (SSSR count). The van der Waals surface area contributed by atoms with Gasteiger partial charge in [0, 0.05) is 13.1 Å². The number of nitro benzene ring substituents is 1. The summed E-state index contributed by atoms with van der Waals surface area (Å²) in [6.07, 6.45) is 0.217. The molecule has 0 bridgehead atoms. The van der Waals surface area contributed by atoms with Gasteiger partial charge in [-0.05, 0) is 18.6 Å². The first-order valence-corrected chi connectivity index (χ1v) is 5.38. The molecule has 1 saturated heterocycles. The molecule has 1 aliphatic heterocycles. The van der Waals surface area contributed by atoms with Crippen LogP contribution in [0.1, 0.15) is 6.42 Å². The van der Waals surface area contributed by atoms with Gasteiger partial charge in [-0.2, -0.15) is 0 Å². The van der Waals surface area contributed by atoms with Gasteiger partial charge in [0.2, 0.25) is 0 Å². The van der Waals surface area contributed by atoms with Crippen LogP contribution in [0.5, 0.6) is 5.75 Å². The zero-order chi connectivity index (χ0) is 12.4. The maximum Gasteiger partial charge on any atom is 0.333 e. The predicted molar refractivity (Wildman–Crippen MR) is 62.5 cm³/mol. The summed E-state index contributed by atoms with van der Waals surface area (Å²) in [5.41, 5.74) is 0.468. The zero-order valence-electron chi connectivity index (χ0n) is 9.50. The van der Waals surface area contributed by atoms with E-state index in [0.29, 0.717) is 25.2 Å². The van der Waals surface area contributed by atoms with Crippen molar-refractivity contribution in [3.05, 3.63) is 28.3 Å². The van der Waals surface area contributed by atoms with Gasteiger partial charge in [0.1, 0.15) is 5.69 Å². The number of benzene rings is 1. The van der Waals surface area contributed by atoms with Crippen LogP contribution in [-0.4, -0.2) is 36.3 Å². The molecule has 1 heterocycles. The van der Waals surface area contributed by atoms with Crippen molar-refractivity contribution in [1.29, 1.82) is 0 Å². The summed E-state index contributed by atoms with van der Waals surface area (Å²) >= 11 is 0. The second kappa shape index (κ2) is 4.58. The Morgan fingerprint density at radius 1 is 1.59 bits per heavy atom. The number of anilines is 1. The fraction of sp³-hybridized carbons (Fsp3) is 0.455. The minimum Gasteiger partial charge on any atom is -0.490 e. The molecular formula is C11H14N2O4. The largest absolute Gasteiger partial charge is 0.490 e. The van der Waals surface area contributed by atoms with Crippen molar-refractivity contribution >= 4 is 11.4 Å². The van der Waals surface area contributed by atoms with Crippen molar-refractivity contribution in [3.63, 3.8) is 0 Å². The standard InChI is InChI=1S/C11H14N2O4/c1-17-10-4-2-3-9(11(10)13(15)16)12-6-5-8(14)7-12/h2-4,8,14H,5-7H2,1H3. The fourth-order valence-corrected chi connectivity index (χ4v) is 2.07. The average Bonchev–Trinajstić information content (AvgIpc) is 2.74. The van der Waals surface area contributed by atoms with Gasteiger partial charge >= 0.3 is 5.69 Å². The lowest BCUT2D eigenvalue weighted by molar-refractivity contribution is -0.385.